The summed E-state index contributed by atoms with van der Waals surface area (Å²) in [5, 5.41) is 2.85. The minimum atomic E-state index is -0.655. The van der Waals surface area contributed by atoms with Gasteiger partial charge in [-0.2, -0.15) is 4.98 Å². The Bertz CT molecular complexity index is 815. The first-order valence-electron chi connectivity index (χ1n) is 9.56. The summed E-state index contributed by atoms with van der Waals surface area (Å²) in [6.45, 7) is 4.45. The standard InChI is InChI=1S/C21H25N3O3/c1-21(2,17-5-3-4-12-22-17)24-20(25)27-18-11-10-16(15-8-9-15)19(23-18)26-13-14-6-7-14/h3-5,10-12,14-15H,6-9,13H2,1-2H3,(H,24,25). The van der Waals surface area contributed by atoms with Gasteiger partial charge in [0.1, 0.15) is 0 Å². The molecule has 27 heavy (non-hydrogen) atoms. The highest BCUT2D eigenvalue weighted by molar-refractivity contribution is 5.71. The zero-order valence-electron chi connectivity index (χ0n) is 15.8. The fourth-order valence-electron chi connectivity index (χ4n) is 2.97. The SMILES string of the molecule is CC(C)(NC(=O)Oc1ccc(C2CC2)c(OCC2CC2)n1)c1ccccn1. The molecule has 0 atom stereocenters. The third kappa shape index (κ3) is 4.56. The van der Waals surface area contributed by atoms with Crippen LogP contribution in [-0.4, -0.2) is 22.7 Å². The molecule has 0 unspecified atom stereocenters. The Labute approximate surface area is 159 Å². The molecule has 0 aliphatic heterocycles. The van der Waals surface area contributed by atoms with Crippen LogP contribution in [0.15, 0.2) is 36.5 Å². The molecule has 2 saturated carbocycles. The number of amides is 1. The maximum atomic E-state index is 12.4. The molecule has 1 N–H and O–H groups in total. The number of rotatable bonds is 7. The van der Waals surface area contributed by atoms with Crippen LogP contribution in [0.3, 0.4) is 0 Å². The summed E-state index contributed by atoms with van der Waals surface area (Å²) in [6, 6.07) is 9.31. The molecule has 0 aromatic carbocycles. The number of pyridine rings is 2. The Morgan fingerprint density at radius 3 is 2.67 bits per heavy atom. The first-order valence-corrected chi connectivity index (χ1v) is 9.56. The van der Waals surface area contributed by atoms with Gasteiger partial charge in [-0.05, 0) is 69.6 Å². The van der Waals surface area contributed by atoms with Crippen LogP contribution in [0, 0.1) is 5.92 Å². The van der Waals surface area contributed by atoms with Gasteiger partial charge >= 0.3 is 6.09 Å². The van der Waals surface area contributed by atoms with Crippen molar-refractivity contribution in [2.24, 2.45) is 5.92 Å². The molecule has 142 valence electrons. The molecule has 0 saturated heterocycles. The zero-order valence-corrected chi connectivity index (χ0v) is 15.8. The van der Waals surface area contributed by atoms with Crippen LogP contribution in [0.5, 0.6) is 11.8 Å². The van der Waals surface area contributed by atoms with Crippen molar-refractivity contribution >= 4 is 6.09 Å². The van der Waals surface area contributed by atoms with E-state index in [4.69, 9.17) is 9.47 Å². The fourth-order valence-corrected chi connectivity index (χ4v) is 2.97. The molecule has 2 heterocycles. The maximum Gasteiger partial charge on any atom is 0.414 e. The third-order valence-corrected chi connectivity index (χ3v) is 4.95. The number of ether oxygens (including phenoxy) is 2. The zero-order chi connectivity index (χ0) is 18.9. The normalized spacial score (nSPS) is 16.7. The highest BCUT2D eigenvalue weighted by atomic mass is 16.6. The van der Waals surface area contributed by atoms with Crippen LogP contribution in [0.4, 0.5) is 4.79 Å². The van der Waals surface area contributed by atoms with E-state index in [0.717, 1.165) is 11.3 Å². The van der Waals surface area contributed by atoms with Gasteiger partial charge in [0.25, 0.3) is 0 Å². The summed E-state index contributed by atoms with van der Waals surface area (Å²) < 4.78 is 11.3. The molecule has 2 fully saturated rings. The summed E-state index contributed by atoms with van der Waals surface area (Å²) in [7, 11) is 0. The molecule has 0 radical (unpaired) electrons. The van der Waals surface area contributed by atoms with E-state index in [9.17, 15) is 4.79 Å². The van der Waals surface area contributed by atoms with Crippen LogP contribution in [0.2, 0.25) is 0 Å². The van der Waals surface area contributed by atoms with Gasteiger partial charge in [-0.3, -0.25) is 4.98 Å². The number of carbonyl (C=O) groups excluding carboxylic acids is 1. The largest absolute Gasteiger partial charge is 0.477 e. The van der Waals surface area contributed by atoms with E-state index >= 15 is 0 Å². The average molecular weight is 367 g/mol. The number of aromatic nitrogens is 2. The van der Waals surface area contributed by atoms with Gasteiger partial charge in [-0.25, -0.2) is 4.79 Å². The Balaban J connectivity index is 1.43. The van der Waals surface area contributed by atoms with Gasteiger partial charge in [0.15, 0.2) is 0 Å². The molecule has 0 spiro atoms. The second-order valence-electron chi connectivity index (χ2n) is 7.93. The van der Waals surface area contributed by atoms with Crippen molar-refractivity contribution in [2.75, 3.05) is 6.61 Å². The van der Waals surface area contributed by atoms with Gasteiger partial charge < -0.3 is 14.8 Å². The predicted octanol–water partition coefficient (Wildman–Crippen LogP) is 4.17. The Hall–Kier alpha value is -2.63. The van der Waals surface area contributed by atoms with Gasteiger partial charge in [0, 0.05) is 17.8 Å². The lowest BCUT2D eigenvalue weighted by atomic mass is 10.0. The van der Waals surface area contributed by atoms with E-state index in [-0.39, 0.29) is 5.88 Å². The minimum Gasteiger partial charge on any atom is -0.477 e. The molecule has 6 nitrogen and oxygen atoms in total. The van der Waals surface area contributed by atoms with E-state index in [0.29, 0.717) is 24.3 Å². The molecule has 0 bridgehead atoms. The topological polar surface area (TPSA) is 73.3 Å². The molecular formula is C21H25N3O3. The van der Waals surface area contributed by atoms with E-state index < -0.39 is 11.6 Å². The van der Waals surface area contributed by atoms with Crippen LogP contribution in [0.25, 0.3) is 0 Å². The summed E-state index contributed by atoms with van der Waals surface area (Å²) in [6.07, 6.45) is 5.91. The van der Waals surface area contributed by atoms with E-state index in [2.05, 4.69) is 15.3 Å². The van der Waals surface area contributed by atoms with Crippen LogP contribution in [0.1, 0.15) is 56.7 Å². The quantitative estimate of drug-likeness (QED) is 0.795. The lowest BCUT2D eigenvalue weighted by Gasteiger charge is -2.24. The van der Waals surface area contributed by atoms with Crippen molar-refractivity contribution in [1.82, 2.24) is 15.3 Å². The van der Waals surface area contributed by atoms with E-state index in [1.807, 2.05) is 38.1 Å². The molecule has 1 amide bonds. The van der Waals surface area contributed by atoms with Crippen molar-refractivity contribution in [1.29, 1.82) is 0 Å². The lowest BCUT2D eigenvalue weighted by Crippen LogP contribution is -2.43. The number of hydrogen-bond donors (Lipinski definition) is 1. The average Bonchev–Trinajstić information content (AvgIpc) is 3.54. The monoisotopic (exact) mass is 367 g/mol. The van der Waals surface area contributed by atoms with E-state index in [1.54, 1.807) is 12.3 Å². The van der Waals surface area contributed by atoms with Crippen molar-refractivity contribution in [3.63, 3.8) is 0 Å². The predicted molar refractivity (Wildman–Crippen MR) is 101 cm³/mol. The second kappa shape index (κ2) is 7.18. The van der Waals surface area contributed by atoms with Crippen molar-refractivity contribution in [3.8, 4) is 11.8 Å². The summed E-state index contributed by atoms with van der Waals surface area (Å²) in [5.41, 5.74) is 1.22. The Morgan fingerprint density at radius 1 is 1.19 bits per heavy atom. The van der Waals surface area contributed by atoms with Crippen molar-refractivity contribution < 1.29 is 14.3 Å². The van der Waals surface area contributed by atoms with E-state index in [1.165, 1.54) is 25.7 Å². The minimum absolute atomic E-state index is 0.250. The lowest BCUT2D eigenvalue weighted by molar-refractivity contribution is 0.185. The molecule has 2 aromatic heterocycles. The van der Waals surface area contributed by atoms with Gasteiger partial charge in [0.2, 0.25) is 11.8 Å². The Kier molecular flexibility index (Phi) is 4.72. The maximum absolute atomic E-state index is 12.4. The van der Waals surface area contributed by atoms with Gasteiger partial charge in [-0.15, -0.1) is 0 Å². The number of carbonyl (C=O) groups is 1. The summed E-state index contributed by atoms with van der Waals surface area (Å²) in [4.78, 5) is 21.1. The van der Waals surface area contributed by atoms with Gasteiger partial charge in [0.05, 0.1) is 17.8 Å². The van der Waals surface area contributed by atoms with Crippen LogP contribution >= 0.6 is 0 Å². The molecule has 2 aliphatic carbocycles. The summed E-state index contributed by atoms with van der Waals surface area (Å²) in [5.74, 6) is 2.03. The van der Waals surface area contributed by atoms with Crippen molar-refractivity contribution in [2.45, 2.75) is 51.0 Å². The molecule has 2 aromatic rings. The fraction of sp³-hybridized carbons (Fsp3) is 0.476. The number of nitrogens with zero attached hydrogens (tertiary/aromatic N) is 2. The first-order chi connectivity index (χ1) is 13.0. The highest BCUT2D eigenvalue weighted by Gasteiger charge is 2.30. The first kappa shape index (κ1) is 17.8. The molecule has 2 aliphatic rings. The molecule has 6 heteroatoms. The van der Waals surface area contributed by atoms with Crippen LogP contribution in [-0.2, 0) is 5.54 Å². The Morgan fingerprint density at radius 2 is 2.00 bits per heavy atom. The summed E-state index contributed by atoms with van der Waals surface area (Å²) >= 11 is 0. The van der Waals surface area contributed by atoms with Gasteiger partial charge in [-0.1, -0.05) is 6.07 Å². The molecular weight excluding hydrogens is 342 g/mol. The van der Waals surface area contributed by atoms with Crippen molar-refractivity contribution in [3.05, 3.63) is 47.8 Å². The second-order valence-corrected chi connectivity index (χ2v) is 7.93. The smallest absolute Gasteiger partial charge is 0.414 e. The highest BCUT2D eigenvalue weighted by Crippen LogP contribution is 2.44. The number of hydrogen-bond acceptors (Lipinski definition) is 5. The third-order valence-electron chi connectivity index (χ3n) is 4.95. The molecule has 4 rings (SSSR count). The number of nitrogens with one attached hydrogen (secondary N) is 1. The van der Waals surface area contributed by atoms with Crippen LogP contribution < -0.4 is 14.8 Å².